The lowest BCUT2D eigenvalue weighted by molar-refractivity contribution is -0.175. The summed E-state index contributed by atoms with van der Waals surface area (Å²) in [6.45, 7) is 3.11. The van der Waals surface area contributed by atoms with E-state index in [2.05, 4.69) is 0 Å². The van der Waals surface area contributed by atoms with Crippen LogP contribution in [0.4, 0.5) is 4.39 Å². The van der Waals surface area contributed by atoms with Gasteiger partial charge in [-0.1, -0.05) is 32.0 Å². The van der Waals surface area contributed by atoms with E-state index in [4.69, 9.17) is 5.73 Å². The lowest BCUT2D eigenvalue weighted by atomic mass is 9.46. The quantitative estimate of drug-likeness (QED) is 0.276. The minimum absolute atomic E-state index is 0.0121. The highest BCUT2D eigenvalue weighted by atomic mass is 19.1. The number of phenols is 1. The second kappa shape index (κ2) is 8.82. The molecule has 2 aromatic rings. The molecule has 1 fully saturated rings. The second-order valence-corrected chi connectivity index (χ2v) is 11.8. The number of likely N-dealkylation sites (N-methyl/N-ethyl adjacent to an activating group) is 1. The molecule has 2 aromatic carbocycles. The van der Waals surface area contributed by atoms with Crippen molar-refractivity contribution >= 4 is 29.3 Å². The summed E-state index contributed by atoms with van der Waals surface area (Å²) in [6, 6.07) is 5.65. The summed E-state index contributed by atoms with van der Waals surface area (Å²) in [7, 11) is 3.05. The number of aliphatic hydroxyl groups excluding tert-OH is 2. The number of amides is 1. The van der Waals surface area contributed by atoms with Crippen LogP contribution in [-0.2, 0) is 20.8 Å². The Labute approximate surface area is 234 Å². The van der Waals surface area contributed by atoms with Crippen LogP contribution in [0.2, 0.25) is 0 Å². The van der Waals surface area contributed by atoms with Crippen LogP contribution in [0.15, 0.2) is 53.3 Å². The van der Waals surface area contributed by atoms with Crippen LogP contribution < -0.4 is 5.73 Å². The third-order valence-electron chi connectivity index (χ3n) is 8.92. The summed E-state index contributed by atoms with van der Waals surface area (Å²) in [5.74, 6) is -5.54. The van der Waals surface area contributed by atoms with E-state index in [1.165, 1.54) is 50.2 Å². The van der Waals surface area contributed by atoms with Gasteiger partial charge in [0.25, 0.3) is 5.91 Å². The number of phenolic OH excluding ortho intramolecular Hbond substituents is 1. The van der Waals surface area contributed by atoms with Gasteiger partial charge in [-0.3, -0.25) is 24.1 Å². The number of fused-ring (bicyclic) bond motifs is 3. The molecule has 10 nitrogen and oxygen atoms in total. The first kappa shape index (κ1) is 28.2. The largest absolute Gasteiger partial charge is 0.508 e. The van der Waals surface area contributed by atoms with Crippen LogP contribution in [0.3, 0.4) is 0 Å². The minimum atomic E-state index is -2.82. The van der Waals surface area contributed by atoms with Gasteiger partial charge < -0.3 is 26.2 Å². The van der Waals surface area contributed by atoms with E-state index in [0.717, 1.165) is 0 Å². The van der Waals surface area contributed by atoms with E-state index < -0.39 is 63.1 Å². The van der Waals surface area contributed by atoms with E-state index in [1.54, 1.807) is 19.1 Å². The summed E-state index contributed by atoms with van der Waals surface area (Å²) in [6.07, 6.45) is -0.123. The normalized spacial score (nSPS) is 29.3. The van der Waals surface area contributed by atoms with E-state index in [-0.39, 0.29) is 35.3 Å². The van der Waals surface area contributed by atoms with Crippen molar-refractivity contribution in [3.63, 3.8) is 0 Å². The summed E-state index contributed by atoms with van der Waals surface area (Å²) in [5, 5.41) is 45.5. The summed E-state index contributed by atoms with van der Waals surface area (Å²) >= 11 is 0. The number of Topliss-reactive ketones (excluding diaryl/α,β-unsaturated/α-hetero) is 2. The summed E-state index contributed by atoms with van der Waals surface area (Å²) < 4.78 is 13.5. The van der Waals surface area contributed by atoms with Crippen LogP contribution in [0.5, 0.6) is 5.75 Å². The number of hydrogen-bond acceptors (Lipinski definition) is 9. The summed E-state index contributed by atoms with van der Waals surface area (Å²) in [5.41, 5.74) is -0.634. The Morgan fingerprint density at radius 3 is 2.32 bits per heavy atom. The molecule has 4 atom stereocenters. The number of halogens is 1. The van der Waals surface area contributed by atoms with Crippen LogP contribution in [0.25, 0.3) is 16.9 Å². The standard InChI is InChI=1S/C30H29FN2O8/c1-28-11-16-15(13-6-5-7-14(10-13)26(31)39)8-9-17(34)18(16)21(35)20(28)25(38)30(41)24(37)19(27(32)40)22(36)23(33(3)4)29(30,2)12-28/h5-10,23,34-35,37,41H,11-12H2,1-4H3,(H2,32,40)/t23-,28+,29+,30-/m1/s1. The number of nitrogens with zero attached hydrogens (tertiary/aromatic N) is 1. The van der Waals surface area contributed by atoms with Gasteiger partial charge in [-0.05, 0) is 61.8 Å². The van der Waals surface area contributed by atoms with Gasteiger partial charge in [0.2, 0.25) is 5.78 Å². The zero-order valence-electron chi connectivity index (χ0n) is 22.8. The first-order valence-electron chi connectivity index (χ1n) is 12.8. The molecule has 11 heteroatoms. The Hall–Kier alpha value is -4.35. The van der Waals surface area contributed by atoms with E-state index in [9.17, 15) is 44.0 Å². The molecule has 0 spiro atoms. The molecule has 0 radical (unpaired) electrons. The lowest BCUT2D eigenvalue weighted by Crippen LogP contribution is -2.72. The van der Waals surface area contributed by atoms with Crippen LogP contribution in [0, 0.1) is 10.8 Å². The maximum absolute atomic E-state index is 14.3. The van der Waals surface area contributed by atoms with Crippen molar-refractivity contribution in [2.24, 2.45) is 16.6 Å². The average molecular weight is 565 g/mol. The number of aliphatic hydroxyl groups is 3. The molecule has 3 aliphatic carbocycles. The van der Waals surface area contributed by atoms with Gasteiger partial charge in [0.15, 0.2) is 11.4 Å². The first-order valence-corrected chi connectivity index (χ1v) is 12.8. The third kappa shape index (κ3) is 3.55. The predicted octanol–water partition coefficient (Wildman–Crippen LogP) is 2.52. The van der Waals surface area contributed by atoms with Crippen molar-refractivity contribution < 1.29 is 44.0 Å². The SMILES string of the molecule is CN(C)[C@@H]1C(=O)C(C(N)=O)=C(O)[C@@]2(O)C(=O)C3=C(O)c4c(O)ccc(-c5cccc(C(=O)F)c5)c4C[C@@]3(C)C[C@@]12C. The van der Waals surface area contributed by atoms with Crippen molar-refractivity contribution in [3.05, 3.63) is 70.0 Å². The molecule has 0 unspecified atom stereocenters. The van der Waals surface area contributed by atoms with Crippen LogP contribution >= 0.6 is 0 Å². The van der Waals surface area contributed by atoms with Crippen LogP contribution in [0.1, 0.15) is 41.8 Å². The number of nitrogens with two attached hydrogens (primary N) is 1. The monoisotopic (exact) mass is 564 g/mol. The molecule has 0 bridgehead atoms. The highest BCUT2D eigenvalue weighted by molar-refractivity contribution is 6.25. The van der Waals surface area contributed by atoms with Gasteiger partial charge in [0.05, 0.1) is 17.2 Å². The topological polar surface area (TPSA) is 178 Å². The van der Waals surface area contributed by atoms with Crippen molar-refractivity contribution in [1.29, 1.82) is 0 Å². The van der Waals surface area contributed by atoms with E-state index in [1.807, 2.05) is 0 Å². The molecule has 6 N–H and O–H groups in total. The number of primary amides is 1. The maximum Gasteiger partial charge on any atom is 0.332 e. The average Bonchev–Trinajstić information content (AvgIpc) is 2.86. The molecule has 0 saturated heterocycles. The highest BCUT2D eigenvalue weighted by Crippen LogP contribution is 2.63. The Morgan fingerprint density at radius 2 is 1.73 bits per heavy atom. The lowest BCUT2D eigenvalue weighted by Gasteiger charge is -2.59. The van der Waals surface area contributed by atoms with Crippen molar-refractivity contribution in [2.75, 3.05) is 14.1 Å². The molecule has 0 aromatic heterocycles. The molecule has 1 saturated carbocycles. The molecular formula is C30H29FN2O8. The molecule has 214 valence electrons. The van der Waals surface area contributed by atoms with Gasteiger partial charge in [0.1, 0.15) is 22.8 Å². The van der Waals surface area contributed by atoms with Crippen molar-refractivity contribution in [2.45, 2.75) is 38.3 Å². The molecule has 0 heterocycles. The second-order valence-electron chi connectivity index (χ2n) is 11.8. The third-order valence-corrected chi connectivity index (χ3v) is 8.92. The summed E-state index contributed by atoms with van der Waals surface area (Å²) in [4.78, 5) is 52.8. The Kier molecular flexibility index (Phi) is 6.07. The fourth-order valence-corrected chi connectivity index (χ4v) is 7.40. The van der Waals surface area contributed by atoms with Gasteiger partial charge in [-0.25, -0.2) is 0 Å². The van der Waals surface area contributed by atoms with E-state index in [0.29, 0.717) is 16.7 Å². The predicted molar refractivity (Wildman–Crippen MR) is 144 cm³/mol. The smallest absolute Gasteiger partial charge is 0.332 e. The number of carbonyl (C=O) groups excluding carboxylic acids is 4. The molecule has 41 heavy (non-hydrogen) atoms. The fraction of sp³-hybridized carbons (Fsp3) is 0.333. The number of benzene rings is 2. The number of rotatable bonds is 4. The number of hydrogen-bond donors (Lipinski definition) is 5. The minimum Gasteiger partial charge on any atom is -0.508 e. The highest BCUT2D eigenvalue weighted by Gasteiger charge is 2.72. The Bertz CT molecular complexity index is 1660. The van der Waals surface area contributed by atoms with Gasteiger partial charge in [0, 0.05) is 16.4 Å². The fourth-order valence-electron chi connectivity index (χ4n) is 7.40. The molecule has 0 aliphatic heterocycles. The Morgan fingerprint density at radius 1 is 1.07 bits per heavy atom. The maximum atomic E-state index is 14.3. The Balaban J connectivity index is 1.82. The number of carbonyl (C=O) groups is 4. The number of aromatic hydroxyl groups is 1. The van der Waals surface area contributed by atoms with Gasteiger partial charge >= 0.3 is 6.04 Å². The van der Waals surface area contributed by atoms with Gasteiger partial charge in [-0.2, -0.15) is 4.39 Å². The molecule has 1 amide bonds. The zero-order chi connectivity index (χ0) is 30.4. The zero-order valence-corrected chi connectivity index (χ0v) is 22.8. The first-order chi connectivity index (χ1) is 19.0. The molecular weight excluding hydrogens is 535 g/mol. The van der Waals surface area contributed by atoms with Gasteiger partial charge in [-0.15, -0.1) is 0 Å². The van der Waals surface area contributed by atoms with Crippen LogP contribution in [-0.4, -0.2) is 74.6 Å². The number of ketones is 2. The molecule has 3 aliphatic rings. The molecule has 5 rings (SSSR count). The van der Waals surface area contributed by atoms with Crippen molar-refractivity contribution in [3.8, 4) is 16.9 Å². The van der Waals surface area contributed by atoms with E-state index >= 15 is 0 Å². The van der Waals surface area contributed by atoms with Crippen molar-refractivity contribution in [1.82, 2.24) is 4.90 Å².